The zero-order chi connectivity index (χ0) is 10.1. The van der Waals surface area contributed by atoms with E-state index in [0.717, 1.165) is 30.8 Å². The largest absolute Gasteiger partial charge is 0.464 e. The highest BCUT2D eigenvalue weighted by Crippen LogP contribution is 2.17. The van der Waals surface area contributed by atoms with E-state index in [1.165, 1.54) is 7.11 Å². The molecule has 0 bridgehead atoms. The third-order valence-electron chi connectivity index (χ3n) is 2.45. The summed E-state index contributed by atoms with van der Waals surface area (Å²) >= 11 is 0. The summed E-state index contributed by atoms with van der Waals surface area (Å²) in [6.07, 6.45) is 0.841. The van der Waals surface area contributed by atoms with E-state index in [1.54, 1.807) is 11.7 Å². The van der Waals surface area contributed by atoms with Crippen molar-refractivity contribution >= 4 is 5.97 Å². The smallest absolute Gasteiger partial charge is 0.356 e. The molecule has 5 nitrogen and oxygen atoms in total. The van der Waals surface area contributed by atoms with Crippen LogP contribution in [0.25, 0.3) is 0 Å². The van der Waals surface area contributed by atoms with Gasteiger partial charge in [0.15, 0.2) is 0 Å². The Labute approximate surface area is 82.0 Å². The van der Waals surface area contributed by atoms with Gasteiger partial charge in [0.05, 0.1) is 12.8 Å². The number of carbonyl (C=O) groups excluding carboxylic acids is 1. The van der Waals surface area contributed by atoms with Crippen LogP contribution in [-0.4, -0.2) is 29.4 Å². The second-order valence-corrected chi connectivity index (χ2v) is 3.32. The van der Waals surface area contributed by atoms with Gasteiger partial charge in [-0.05, 0) is 13.0 Å². The fourth-order valence-electron chi connectivity index (χ4n) is 1.80. The molecule has 0 aromatic carbocycles. The molecule has 1 aliphatic heterocycles. The van der Waals surface area contributed by atoms with E-state index in [2.05, 4.69) is 10.4 Å². The van der Waals surface area contributed by atoms with Gasteiger partial charge < -0.3 is 10.1 Å². The number of methoxy groups -OCH3 is 1. The third-order valence-corrected chi connectivity index (χ3v) is 2.45. The highest BCUT2D eigenvalue weighted by molar-refractivity contribution is 5.89. The molecule has 0 radical (unpaired) electrons. The number of nitrogens with zero attached hydrogens (tertiary/aromatic N) is 2. The fourth-order valence-corrected chi connectivity index (χ4v) is 1.80. The van der Waals surface area contributed by atoms with E-state index in [9.17, 15) is 4.79 Å². The predicted octanol–water partition coefficient (Wildman–Crippen LogP) is -0.148. The highest BCUT2D eigenvalue weighted by Gasteiger charge is 2.23. The lowest BCUT2D eigenvalue weighted by Gasteiger charge is -2.11. The van der Waals surface area contributed by atoms with Crippen molar-refractivity contribution in [1.29, 1.82) is 0 Å². The van der Waals surface area contributed by atoms with Crippen molar-refractivity contribution in [2.45, 2.75) is 13.0 Å². The molecule has 0 saturated heterocycles. The Balaban J connectivity index is 2.47. The molecule has 0 spiro atoms. The van der Waals surface area contributed by atoms with Crippen LogP contribution in [0.15, 0.2) is 0 Å². The summed E-state index contributed by atoms with van der Waals surface area (Å²) in [6.45, 7) is 1.63. The summed E-state index contributed by atoms with van der Waals surface area (Å²) in [4.78, 5) is 11.5. The van der Waals surface area contributed by atoms with Crippen LogP contribution in [0, 0.1) is 0 Å². The SMILES string of the molecule is COC(=O)c1c2c(nn1C)CNCC2. The van der Waals surface area contributed by atoms with Gasteiger partial charge in [-0.3, -0.25) is 4.68 Å². The number of nitrogens with one attached hydrogen (secondary N) is 1. The van der Waals surface area contributed by atoms with Gasteiger partial charge in [-0.25, -0.2) is 4.79 Å². The highest BCUT2D eigenvalue weighted by atomic mass is 16.5. The first-order chi connectivity index (χ1) is 6.74. The Kier molecular flexibility index (Phi) is 2.25. The molecule has 14 heavy (non-hydrogen) atoms. The van der Waals surface area contributed by atoms with Gasteiger partial charge in [-0.2, -0.15) is 5.10 Å². The number of esters is 1. The minimum Gasteiger partial charge on any atom is -0.464 e. The molecule has 2 rings (SSSR count). The molecule has 1 N–H and O–H groups in total. The van der Waals surface area contributed by atoms with Crippen LogP contribution in [0.5, 0.6) is 0 Å². The molecule has 0 saturated carbocycles. The van der Waals surface area contributed by atoms with Crippen molar-refractivity contribution in [1.82, 2.24) is 15.1 Å². The molecule has 0 amide bonds. The average Bonchev–Trinajstić information content (AvgIpc) is 2.53. The lowest BCUT2D eigenvalue weighted by atomic mass is 10.1. The van der Waals surface area contributed by atoms with Crippen molar-refractivity contribution in [3.8, 4) is 0 Å². The van der Waals surface area contributed by atoms with Crippen molar-refractivity contribution in [2.24, 2.45) is 7.05 Å². The van der Waals surface area contributed by atoms with Crippen molar-refractivity contribution < 1.29 is 9.53 Å². The zero-order valence-corrected chi connectivity index (χ0v) is 8.33. The molecule has 1 aromatic heterocycles. The Morgan fingerprint density at radius 2 is 2.43 bits per heavy atom. The number of rotatable bonds is 1. The molecule has 1 aromatic rings. The molecule has 0 aliphatic carbocycles. The first-order valence-corrected chi connectivity index (χ1v) is 4.58. The van der Waals surface area contributed by atoms with E-state index in [1.807, 2.05) is 0 Å². The predicted molar refractivity (Wildman–Crippen MR) is 50.0 cm³/mol. The summed E-state index contributed by atoms with van der Waals surface area (Å²) in [5.41, 5.74) is 2.57. The van der Waals surface area contributed by atoms with Crippen molar-refractivity contribution in [3.05, 3.63) is 17.0 Å². The van der Waals surface area contributed by atoms with Crippen LogP contribution in [0.4, 0.5) is 0 Å². The Morgan fingerprint density at radius 1 is 1.64 bits per heavy atom. The summed E-state index contributed by atoms with van der Waals surface area (Å²) in [7, 11) is 3.16. The average molecular weight is 195 g/mol. The minimum atomic E-state index is -0.303. The van der Waals surface area contributed by atoms with Crippen LogP contribution < -0.4 is 5.32 Å². The van der Waals surface area contributed by atoms with Crippen LogP contribution in [0.1, 0.15) is 21.7 Å². The van der Waals surface area contributed by atoms with E-state index in [-0.39, 0.29) is 5.97 Å². The van der Waals surface area contributed by atoms with E-state index in [4.69, 9.17) is 4.74 Å². The summed E-state index contributed by atoms with van der Waals surface area (Å²) in [5.74, 6) is -0.303. The number of hydrogen-bond acceptors (Lipinski definition) is 4. The van der Waals surface area contributed by atoms with Gasteiger partial charge in [0, 0.05) is 19.2 Å². The lowest BCUT2D eigenvalue weighted by Crippen LogP contribution is -2.24. The first-order valence-electron chi connectivity index (χ1n) is 4.58. The Morgan fingerprint density at radius 3 is 3.14 bits per heavy atom. The van der Waals surface area contributed by atoms with Gasteiger partial charge in [0.25, 0.3) is 0 Å². The Hall–Kier alpha value is -1.36. The number of ether oxygens (including phenoxy) is 1. The molecule has 5 heteroatoms. The van der Waals surface area contributed by atoms with E-state index >= 15 is 0 Å². The van der Waals surface area contributed by atoms with Crippen molar-refractivity contribution in [2.75, 3.05) is 13.7 Å². The number of carbonyl (C=O) groups is 1. The first kappa shape index (κ1) is 9.21. The summed E-state index contributed by atoms with van der Waals surface area (Å²) < 4.78 is 6.32. The fraction of sp³-hybridized carbons (Fsp3) is 0.556. The van der Waals surface area contributed by atoms with E-state index in [0.29, 0.717) is 5.69 Å². The lowest BCUT2D eigenvalue weighted by molar-refractivity contribution is 0.0587. The maximum atomic E-state index is 11.5. The molecule has 2 heterocycles. The molecule has 76 valence electrons. The number of fused-ring (bicyclic) bond motifs is 1. The summed E-state index contributed by atoms with van der Waals surface area (Å²) in [5, 5.41) is 7.48. The quantitative estimate of drug-likeness (QED) is 0.633. The third kappa shape index (κ3) is 1.29. The minimum absolute atomic E-state index is 0.303. The topological polar surface area (TPSA) is 56.1 Å². The molecule has 1 aliphatic rings. The number of aryl methyl sites for hydroxylation is 1. The Bertz CT molecular complexity index is 370. The van der Waals surface area contributed by atoms with Crippen LogP contribution >= 0.6 is 0 Å². The van der Waals surface area contributed by atoms with Gasteiger partial charge in [-0.15, -0.1) is 0 Å². The maximum absolute atomic E-state index is 11.5. The molecular formula is C9H13N3O2. The molecule has 0 fully saturated rings. The number of aromatic nitrogens is 2. The van der Waals surface area contributed by atoms with Gasteiger partial charge >= 0.3 is 5.97 Å². The van der Waals surface area contributed by atoms with E-state index < -0.39 is 0 Å². The zero-order valence-electron chi connectivity index (χ0n) is 8.33. The van der Waals surface area contributed by atoms with Crippen LogP contribution in [0.2, 0.25) is 0 Å². The monoisotopic (exact) mass is 195 g/mol. The van der Waals surface area contributed by atoms with Crippen molar-refractivity contribution in [3.63, 3.8) is 0 Å². The molecular weight excluding hydrogens is 182 g/mol. The second-order valence-electron chi connectivity index (χ2n) is 3.32. The normalized spacial score (nSPS) is 15.0. The molecule has 0 unspecified atom stereocenters. The second kappa shape index (κ2) is 3.42. The van der Waals surface area contributed by atoms with Gasteiger partial charge in [0.1, 0.15) is 5.69 Å². The molecule has 0 atom stereocenters. The number of hydrogen-bond donors (Lipinski definition) is 1. The van der Waals surface area contributed by atoms with Gasteiger partial charge in [-0.1, -0.05) is 0 Å². The van der Waals surface area contributed by atoms with Crippen LogP contribution in [-0.2, 0) is 24.8 Å². The maximum Gasteiger partial charge on any atom is 0.356 e. The van der Waals surface area contributed by atoms with Crippen LogP contribution in [0.3, 0.4) is 0 Å². The van der Waals surface area contributed by atoms with Gasteiger partial charge in [0.2, 0.25) is 0 Å². The summed E-state index contributed by atoms with van der Waals surface area (Å²) in [6, 6.07) is 0. The standard InChI is InChI=1S/C9H13N3O2/c1-12-8(9(13)14-2)6-3-4-10-5-7(6)11-12/h10H,3-5H2,1-2H3.